The third kappa shape index (κ3) is 5.13. The molecule has 0 aliphatic carbocycles. The first-order valence-corrected chi connectivity index (χ1v) is 10.8. The van der Waals surface area contributed by atoms with E-state index >= 15 is 0 Å². The summed E-state index contributed by atoms with van der Waals surface area (Å²) in [4.78, 5) is 12.2. The summed E-state index contributed by atoms with van der Waals surface area (Å²) in [5.74, 6) is -1.56. The number of carbonyl (C=O) groups excluding carboxylic acids is 1. The van der Waals surface area contributed by atoms with Crippen molar-refractivity contribution in [1.82, 2.24) is 10.0 Å². The van der Waals surface area contributed by atoms with E-state index in [1.807, 2.05) is 0 Å². The van der Waals surface area contributed by atoms with E-state index in [0.717, 1.165) is 18.2 Å². The van der Waals surface area contributed by atoms with Crippen LogP contribution in [0.25, 0.3) is 0 Å². The Morgan fingerprint density at radius 1 is 1.20 bits per heavy atom. The summed E-state index contributed by atoms with van der Waals surface area (Å²) in [7, 11) is -3.88. The number of sulfonamides is 1. The fourth-order valence-electron chi connectivity index (χ4n) is 3.07. The predicted molar refractivity (Wildman–Crippen MR) is 105 cm³/mol. The first kappa shape index (κ1) is 22.1. The maximum Gasteiger partial charge on any atom is 0.254 e. The van der Waals surface area contributed by atoms with Gasteiger partial charge < -0.3 is 14.8 Å². The zero-order valence-electron chi connectivity index (χ0n) is 16.5. The Labute approximate surface area is 173 Å². The summed E-state index contributed by atoms with van der Waals surface area (Å²) in [6.07, 6.45) is 0.236. The van der Waals surface area contributed by atoms with Gasteiger partial charge in [-0.25, -0.2) is 21.9 Å². The summed E-state index contributed by atoms with van der Waals surface area (Å²) < 4.78 is 65.4. The van der Waals surface area contributed by atoms with Crippen LogP contribution >= 0.6 is 0 Å². The average Bonchev–Trinajstić information content (AvgIpc) is 2.66. The fourth-order valence-corrected chi connectivity index (χ4v) is 4.35. The molecule has 0 fully saturated rings. The van der Waals surface area contributed by atoms with E-state index < -0.39 is 33.1 Å². The number of hydrogen-bond donors (Lipinski definition) is 2. The van der Waals surface area contributed by atoms with Crippen molar-refractivity contribution < 1.29 is 31.5 Å². The van der Waals surface area contributed by atoms with Gasteiger partial charge in [0.05, 0.1) is 17.1 Å². The van der Waals surface area contributed by atoms with Crippen LogP contribution in [0.2, 0.25) is 0 Å². The summed E-state index contributed by atoms with van der Waals surface area (Å²) in [6.45, 7) is 3.64. The van der Waals surface area contributed by atoms with Crippen molar-refractivity contribution in [3.63, 3.8) is 0 Å². The highest BCUT2D eigenvalue weighted by atomic mass is 32.2. The van der Waals surface area contributed by atoms with Crippen LogP contribution in [0.4, 0.5) is 8.78 Å². The highest BCUT2D eigenvalue weighted by Gasteiger charge is 2.21. The van der Waals surface area contributed by atoms with Crippen molar-refractivity contribution in [1.29, 1.82) is 0 Å². The molecule has 3 rings (SSSR count). The summed E-state index contributed by atoms with van der Waals surface area (Å²) in [5.41, 5.74) is 0.725. The van der Waals surface area contributed by atoms with E-state index in [1.54, 1.807) is 13.8 Å². The highest BCUT2D eigenvalue weighted by molar-refractivity contribution is 7.89. The molecule has 0 aromatic heterocycles. The number of nitrogens with one attached hydrogen (secondary N) is 2. The molecule has 162 valence electrons. The molecular formula is C20H22F2N2O5S. The normalized spacial score (nSPS) is 13.6. The average molecular weight is 440 g/mol. The van der Waals surface area contributed by atoms with Gasteiger partial charge in [0, 0.05) is 18.2 Å². The lowest BCUT2D eigenvalue weighted by molar-refractivity contribution is -0.0172. The van der Waals surface area contributed by atoms with Crippen molar-refractivity contribution in [3.05, 3.63) is 58.7 Å². The molecule has 7 nitrogen and oxygen atoms in total. The maximum atomic E-state index is 14.1. The number of amides is 1. The molecule has 0 saturated carbocycles. The van der Waals surface area contributed by atoms with Crippen LogP contribution in [0.15, 0.2) is 35.2 Å². The molecule has 0 unspecified atom stereocenters. The lowest BCUT2D eigenvalue weighted by Crippen LogP contribution is -2.31. The molecule has 0 atom stereocenters. The molecule has 1 heterocycles. The molecule has 0 radical (unpaired) electrons. The summed E-state index contributed by atoms with van der Waals surface area (Å²) in [5, 5.41) is 2.53. The zero-order valence-corrected chi connectivity index (χ0v) is 17.3. The molecule has 0 saturated heterocycles. The van der Waals surface area contributed by atoms with Gasteiger partial charge in [-0.15, -0.1) is 0 Å². The van der Waals surface area contributed by atoms with Crippen LogP contribution in [0.5, 0.6) is 5.75 Å². The van der Waals surface area contributed by atoms with Gasteiger partial charge in [-0.2, -0.15) is 0 Å². The highest BCUT2D eigenvalue weighted by Crippen LogP contribution is 2.29. The number of fused-ring (bicyclic) bond motifs is 1. The van der Waals surface area contributed by atoms with Crippen molar-refractivity contribution in [2.75, 3.05) is 13.3 Å². The zero-order chi connectivity index (χ0) is 21.9. The number of halogens is 2. The van der Waals surface area contributed by atoms with Gasteiger partial charge in [0.2, 0.25) is 10.0 Å². The minimum atomic E-state index is -3.88. The minimum Gasteiger partial charge on any atom is -0.467 e. The predicted octanol–water partition coefficient (Wildman–Crippen LogP) is 2.49. The van der Waals surface area contributed by atoms with Gasteiger partial charge in [-0.3, -0.25) is 4.79 Å². The topological polar surface area (TPSA) is 93.7 Å². The van der Waals surface area contributed by atoms with E-state index in [0.29, 0.717) is 16.9 Å². The van der Waals surface area contributed by atoms with E-state index in [-0.39, 0.29) is 37.3 Å². The Kier molecular flexibility index (Phi) is 6.69. The quantitative estimate of drug-likeness (QED) is 0.690. The number of benzene rings is 2. The molecular weight excluding hydrogens is 418 g/mol. The lowest BCUT2D eigenvalue weighted by atomic mass is 10.1. The van der Waals surface area contributed by atoms with Crippen LogP contribution in [-0.4, -0.2) is 33.7 Å². The molecule has 10 heteroatoms. The molecule has 1 aliphatic rings. The molecule has 30 heavy (non-hydrogen) atoms. The van der Waals surface area contributed by atoms with E-state index in [4.69, 9.17) is 9.47 Å². The first-order chi connectivity index (χ1) is 14.2. The second kappa shape index (κ2) is 9.07. The maximum absolute atomic E-state index is 14.1. The summed E-state index contributed by atoms with van der Waals surface area (Å²) >= 11 is 0. The van der Waals surface area contributed by atoms with Gasteiger partial charge >= 0.3 is 0 Å². The SMILES string of the molecule is CC(C)NS(=O)(=O)c1ccc(F)c(C(=O)NCCc2cc(F)cc3c2OCOC3)c1. The first-order valence-electron chi connectivity index (χ1n) is 9.29. The molecule has 2 N–H and O–H groups in total. The van der Waals surface area contributed by atoms with Crippen LogP contribution in [0.3, 0.4) is 0 Å². The van der Waals surface area contributed by atoms with E-state index in [1.165, 1.54) is 12.1 Å². The Hall–Kier alpha value is -2.56. The minimum absolute atomic E-state index is 0.0505. The monoisotopic (exact) mass is 440 g/mol. The van der Waals surface area contributed by atoms with Crippen LogP contribution < -0.4 is 14.8 Å². The third-order valence-electron chi connectivity index (χ3n) is 4.32. The van der Waals surface area contributed by atoms with E-state index in [2.05, 4.69) is 10.0 Å². The Balaban J connectivity index is 1.72. The Morgan fingerprint density at radius 3 is 2.70 bits per heavy atom. The largest absolute Gasteiger partial charge is 0.467 e. The molecule has 0 bridgehead atoms. The van der Waals surface area contributed by atoms with Gasteiger partial charge in [0.15, 0.2) is 6.79 Å². The number of carbonyl (C=O) groups is 1. The molecule has 1 amide bonds. The van der Waals surface area contributed by atoms with Crippen LogP contribution in [-0.2, 0) is 27.8 Å². The van der Waals surface area contributed by atoms with Gasteiger partial charge in [0.25, 0.3) is 5.91 Å². The van der Waals surface area contributed by atoms with Gasteiger partial charge in [0.1, 0.15) is 17.4 Å². The summed E-state index contributed by atoms with van der Waals surface area (Å²) in [6, 6.07) is 5.28. The standard InChI is InChI=1S/C20H22F2N2O5S/c1-12(2)24-30(26,27)16-3-4-18(22)17(9-16)20(25)23-6-5-13-7-15(21)8-14-10-28-11-29-19(13)14/h3-4,7-9,12,24H,5-6,10-11H2,1-2H3,(H,23,25). The second-order valence-corrected chi connectivity index (χ2v) is 8.80. The van der Waals surface area contributed by atoms with Crippen LogP contribution in [0.1, 0.15) is 35.3 Å². The molecule has 1 aliphatic heterocycles. The number of hydrogen-bond acceptors (Lipinski definition) is 5. The Bertz CT molecular complexity index is 1060. The second-order valence-electron chi connectivity index (χ2n) is 7.09. The van der Waals surface area contributed by atoms with Crippen LogP contribution in [0, 0.1) is 11.6 Å². The van der Waals surface area contributed by atoms with Crippen molar-refractivity contribution in [2.24, 2.45) is 0 Å². The number of ether oxygens (including phenoxy) is 2. The molecule has 0 spiro atoms. The molecule has 2 aromatic rings. The van der Waals surface area contributed by atoms with Crippen molar-refractivity contribution >= 4 is 15.9 Å². The van der Waals surface area contributed by atoms with Crippen molar-refractivity contribution in [3.8, 4) is 5.75 Å². The van der Waals surface area contributed by atoms with Gasteiger partial charge in [-0.1, -0.05) is 0 Å². The Morgan fingerprint density at radius 2 is 1.97 bits per heavy atom. The smallest absolute Gasteiger partial charge is 0.254 e. The van der Waals surface area contributed by atoms with E-state index in [9.17, 15) is 22.0 Å². The number of rotatable bonds is 7. The third-order valence-corrected chi connectivity index (χ3v) is 5.97. The molecule has 2 aromatic carbocycles. The lowest BCUT2D eigenvalue weighted by Gasteiger charge is -2.21. The fraction of sp³-hybridized carbons (Fsp3) is 0.350. The van der Waals surface area contributed by atoms with Gasteiger partial charge in [-0.05, 0) is 56.2 Å². The van der Waals surface area contributed by atoms with Crippen molar-refractivity contribution in [2.45, 2.75) is 37.8 Å².